The molecule has 1 rings (SSSR count). The van der Waals surface area contributed by atoms with Crippen molar-refractivity contribution in [3.63, 3.8) is 0 Å². The Bertz CT molecular complexity index is 315. The van der Waals surface area contributed by atoms with Crippen LogP contribution in [0.25, 0.3) is 0 Å². The molecule has 1 fully saturated rings. The quantitative estimate of drug-likeness (QED) is 0.751. The highest BCUT2D eigenvalue weighted by molar-refractivity contribution is 5.90. The highest BCUT2D eigenvalue weighted by Gasteiger charge is 2.35. The van der Waals surface area contributed by atoms with Crippen molar-refractivity contribution in [2.45, 2.75) is 45.7 Å². The van der Waals surface area contributed by atoms with E-state index < -0.39 is 6.04 Å². The molecule has 4 heteroatoms. The van der Waals surface area contributed by atoms with Crippen molar-refractivity contribution < 1.29 is 9.59 Å². The number of nitrogens with one attached hydrogen (secondary N) is 1. The van der Waals surface area contributed by atoms with Crippen molar-refractivity contribution in [2.75, 3.05) is 6.54 Å². The summed E-state index contributed by atoms with van der Waals surface area (Å²) in [6.07, 6.45) is 2.94. The van der Waals surface area contributed by atoms with Crippen LogP contribution in [0.15, 0.2) is 12.7 Å². The predicted molar refractivity (Wildman–Crippen MR) is 67.4 cm³/mol. The average molecular weight is 238 g/mol. The van der Waals surface area contributed by atoms with Crippen molar-refractivity contribution in [2.24, 2.45) is 5.92 Å². The highest BCUT2D eigenvalue weighted by Crippen LogP contribution is 2.17. The van der Waals surface area contributed by atoms with E-state index in [2.05, 4.69) is 11.9 Å². The SMILES string of the molecule is C=CCN1C(=O)C(C(C)CC)NC(=O)CC1C. The number of carbonyl (C=O) groups excluding carboxylic acids is 2. The number of nitrogens with zero attached hydrogens (tertiary/aromatic N) is 1. The van der Waals surface area contributed by atoms with Gasteiger partial charge in [0.1, 0.15) is 6.04 Å². The lowest BCUT2D eigenvalue weighted by Gasteiger charge is -2.29. The molecule has 0 aromatic rings. The van der Waals surface area contributed by atoms with Crippen LogP contribution in [0.3, 0.4) is 0 Å². The van der Waals surface area contributed by atoms with Gasteiger partial charge in [0, 0.05) is 19.0 Å². The molecule has 0 radical (unpaired) electrons. The zero-order valence-corrected chi connectivity index (χ0v) is 10.9. The molecule has 17 heavy (non-hydrogen) atoms. The first-order valence-corrected chi connectivity index (χ1v) is 6.22. The van der Waals surface area contributed by atoms with Gasteiger partial charge in [-0.05, 0) is 12.8 Å². The molecule has 1 aliphatic heterocycles. The lowest BCUT2D eigenvalue weighted by molar-refractivity contribution is -0.135. The molecule has 3 unspecified atom stereocenters. The van der Waals surface area contributed by atoms with Crippen molar-refractivity contribution in [3.8, 4) is 0 Å². The fraction of sp³-hybridized carbons (Fsp3) is 0.692. The van der Waals surface area contributed by atoms with E-state index in [4.69, 9.17) is 0 Å². The number of carbonyl (C=O) groups is 2. The molecule has 2 amide bonds. The lowest BCUT2D eigenvalue weighted by Crippen LogP contribution is -2.49. The van der Waals surface area contributed by atoms with Crippen LogP contribution in [-0.4, -0.2) is 35.3 Å². The zero-order valence-electron chi connectivity index (χ0n) is 10.9. The van der Waals surface area contributed by atoms with E-state index in [9.17, 15) is 9.59 Å². The summed E-state index contributed by atoms with van der Waals surface area (Å²) in [5.41, 5.74) is 0. The van der Waals surface area contributed by atoms with Crippen molar-refractivity contribution in [1.29, 1.82) is 0 Å². The van der Waals surface area contributed by atoms with Gasteiger partial charge >= 0.3 is 0 Å². The predicted octanol–water partition coefficient (Wildman–Crippen LogP) is 1.32. The van der Waals surface area contributed by atoms with Gasteiger partial charge in [0.2, 0.25) is 11.8 Å². The molecule has 0 aliphatic carbocycles. The molecule has 0 spiro atoms. The Hall–Kier alpha value is -1.32. The molecule has 0 aromatic heterocycles. The van der Waals surface area contributed by atoms with E-state index in [1.807, 2.05) is 20.8 Å². The Labute approximate surface area is 103 Å². The Morgan fingerprint density at radius 3 is 2.76 bits per heavy atom. The normalized spacial score (nSPS) is 27.4. The van der Waals surface area contributed by atoms with Crippen molar-refractivity contribution in [3.05, 3.63) is 12.7 Å². The molecule has 3 atom stereocenters. The summed E-state index contributed by atoms with van der Waals surface area (Å²) < 4.78 is 0. The topological polar surface area (TPSA) is 49.4 Å². The Morgan fingerprint density at radius 2 is 2.24 bits per heavy atom. The zero-order chi connectivity index (χ0) is 13.0. The van der Waals surface area contributed by atoms with Crippen LogP contribution in [0.4, 0.5) is 0 Å². The molecule has 96 valence electrons. The number of rotatable bonds is 4. The first kappa shape index (κ1) is 13.7. The van der Waals surface area contributed by atoms with Gasteiger partial charge in [0.25, 0.3) is 0 Å². The molecule has 0 aromatic carbocycles. The summed E-state index contributed by atoms with van der Waals surface area (Å²) >= 11 is 0. The maximum atomic E-state index is 12.4. The third-order valence-electron chi connectivity index (χ3n) is 3.42. The first-order valence-electron chi connectivity index (χ1n) is 6.22. The molecular weight excluding hydrogens is 216 g/mol. The Kier molecular flexibility index (Phi) is 4.73. The van der Waals surface area contributed by atoms with E-state index in [-0.39, 0.29) is 23.8 Å². The van der Waals surface area contributed by atoms with E-state index in [1.54, 1.807) is 11.0 Å². The van der Waals surface area contributed by atoms with Crippen LogP contribution in [0.5, 0.6) is 0 Å². The molecule has 0 bridgehead atoms. The molecule has 1 aliphatic rings. The monoisotopic (exact) mass is 238 g/mol. The highest BCUT2D eigenvalue weighted by atomic mass is 16.2. The van der Waals surface area contributed by atoms with Gasteiger partial charge in [-0.25, -0.2) is 0 Å². The van der Waals surface area contributed by atoms with Gasteiger partial charge in [-0.1, -0.05) is 26.3 Å². The second kappa shape index (κ2) is 5.84. The fourth-order valence-corrected chi connectivity index (χ4v) is 2.10. The van der Waals surface area contributed by atoms with E-state index >= 15 is 0 Å². The van der Waals surface area contributed by atoms with E-state index in [0.29, 0.717) is 13.0 Å². The van der Waals surface area contributed by atoms with E-state index in [1.165, 1.54) is 0 Å². The third-order valence-corrected chi connectivity index (χ3v) is 3.42. The molecule has 1 saturated heterocycles. The molecule has 1 N–H and O–H groups in total. The minimum absolute atomic E-state index is 0.0117. The Balaban J connectivity index is 2.95. The summed E-state index contributed by atoms with van der Waals surface area (Å²) in [5, 5.41) is 2.83. The van der Waals surface area contributed by atoms with Crippen LogP contribution in [0.1, 0.15) is 33.6 Å². The second-order valence-corrected chi connectivity index (χ2v) is 4.76. The van der Waals surface area contributed by atoms with Crippen molar-refractivity contribution in [1.82, 2.24) is 10.2 Å². The van der Waals surface area contributed by atoms with Crippen LogP contribution >= 0.6 is 0 Å². The molecular formula is C13H22N2O2. The van der Waals surface area contributed by atoms with Gasteiger partial charge in [0.05, 0.1) is 0 Å². The van der Waals surface area contributed by atoms with Crippen LogP contribution in [0.2, 0.25) is 0 Å². The maximum absolute atomic E-state index is 12.4. The smallest absolute Gasteiger partial charge is 0.245 e. The minimum atomic E-state index is -0.391. The van der Waals surface area contributed by atoms with Crippen LogP contribution in [-0.2, 0) is 9.59 Å². The summed E-state index contributed by atoms with van der Waals surface area (Å²) in [5.74, 6) is 0.129. The summed E-state index contributed by atoms with van der Waals surface area (Å²) in [4.78, 5) is 25.8. The van der Waals surface area contributed by atoms with Crippen molar-refractivity contribution >= 4 is 11.8 Å². The summed E-state index contributed by atoms with van der Waals surface area (Å²) in [7, 11) is 0. The fourth-order valence-electron chi connectivity index (χ4n) is 2.10. The summed E-state index contributed by atoms with van der Waals surface area (Å²) in [6.45, 7) is 10.1. The lowest BCUT2D eigenvalue weighted by atomic mass is 9.98. The Morgan fingerprint density at radius 1 is 1.59 bits per heavy atom. The number of hydrogen-bond donors (Lipinski definition) is 1. The molecule has 4 nitrogen and oxygen atoms in total. The van der Waals surface area contributed by atoms with Gasteiger partial charge in [-0.15, -0.1) is 6.58 Å². The van der Waals surface area contributed by atoms with Crippen LogP contribution in [0, 0.1) is 5.92 Å². The minimum Gasteiger partial charge on any atom is -0.344 e. The molecule has 1 heterocycles. The first-order chi connectivity index (χ1) is 8.01. The summed E-state index contributed by atoms with van der Waals surface area (Å²) in [6, 6.07) is -0.452. The standard InChI is InChI=1S/C13H22N2O2/c1-5-7-15-10(4)8-11(16)14-12(13(15)17)9(3)6-2/h5,9-10,12H,1,6-8H2,2-4H3,(H,14,16). The third kappa shape index (κ3) is 3.08. The molecule has 0 saturated carbocycles. The largest absolute Gasteiger partial charge is 0.344 e. The van der Waals surface area contributed by atoms with E-state index in [0.717, 1.165) is 6.42 Å². The second-order valence-electron chi connectivity index (χ2n) is 4.76. The van der Waals surface area contributed by atoms with Crippen LogP contribution < -0.4 is 5.32 Å². The van der Waals surface area contributed by atoms with Gasteiger partial charge < -0.3 is 10.2 Å². The number of amides is 2. The maximum Gasteiger partial charge on any atom is 0.245 e. The average Bonchev–Trinajstić information content (AvgIpc) is 2.39. The number of hydrogen-bond acceptors (Lipinski definition) is 2. The van der Waals surface area contributed by atoms with Gasteiger partial charge in [0.15, 0.2) is 0 Å². The van der Waals surface area contributed by atoms with Gasteiger partial charge in [-0.2, -0.15) is 0 Å². The van der Waals surface area contributed by atoms with Gasteiger partial charge in [-0.3, -0.25) is 9.59 Å².